The van der Waals surface area contributed by atoms with Gasteiger partial charge in [-0.1, -0.05) is 0 Å². The number of benzene rings is 1. The molecule has 0 saturated heterocycles. The van der Waals surface area contributed by atoms with Gasteiger partial charge in [-0.3, -0.25) is 9.88 Å². The predicted molar refractivity (Wildman–Crippen MR) is 98.2 cm³/mol. The zero-order valence-electron chi connectivity index (χ0n) is 13.5. The van der Waals surface area contributed by atoms with Gasteiger partial charge in [-0.2, -0.15) is 0 Å². The standard InChI is InChI=1S/C18H14N6O2/c19-15-13(3-1-9-20-15)16-23-14-4-2-10-21-17(14)24(16)12-7-5-11(6-8-12)22-18(25)26/h1-10,22H,(H2,19,20)(H,25,26). The highest BCUT2D eigenvalue weighted by Crippen LogP contribution is 2.30. The number of fused-ring (bicyclic) bond motifs is 1. The van der Waals surface area contributed by atoms with Crippen LogP contribution in [0.25, 0.3) is 28.2 Å². The molecule has 3 heterocycles. The third kappa shape index (κ3) is 2.69. The van der Waals surface area contributed by atoms with Gasteiger partial charge in [-0.15, -0.1) is 0 Å². The van der Waals surface area contributed by atoms with Crippen molar-refractivity contribution in [3.63, 3.8) is 0 Å². The summed E-state index contributed by atoms with van der Waals surface area (Å²) < 4.78 is 1.87. The molecule has 1 amide bonds. The first kappa shape index (κ1) is 15.6. The Morgan fingerprint density at radius 2 is 1.77 bits per heavy atom. The van der Waals surface area contributed by atoms with E-state index < -0.39 is 6.09 Å². The molecule has 4 N–H and O–H groups in total. The monoisotopic (exact) mass is 346 g/mol. The summed E-state index contributed by atoms with van der Waals surface area (Å²) in [6.07, 6.45) is 2.20. The third-order valence-electron chi connectivity index (χ3n) is 3.87. The SMILES string of the molecule is Nc1ncccc1-c1nc2cccnc2n1-c1ccc(NC(=O)O)cc1. The van der Waals surface area contributed by atoms with Crippen molar-refractivity contribution >= 4 is 28.8 Å². The number of pyridine rings is 2. The fraction of sp³-hybridized carbons (Fsp3) is 0. The van der Waals surface area contributed by atoms with Gasteiger partial charge in [-0.05, 0) is 48.5 Å². The van der Waals surface area contributed by atoms with Crippen LogP contribution in [0.2, 0.25) is 0 Å². The topological polar surface area (TPSA) is 119 Å². The van der Waals surface area contributed by atoms with E-state index in [4.69, 9.17) is 10.8 Å². The van der Waals surface area contributed by atoms with Gasteiger partial charge in [0.25, 0.3) is 0 Å². The molecule has 0 atom stereocenters. The number of hydrogen-bond acceptors (Lipinski definition) is 5. The van der Waals surface area contributed by atoms with Crippen LogP contribution < -0.4 is 11.1 Å². The fourth-order valence-electron chi connectivity index (χ4n) is 2.76. The summed E-state index contributed by atoms with van der Waals surface area (Å²) in [4.78, 5) is 24.0. The number of rotatable bonds is 3. The van der Waals surface area contributed by atoms with Crippen molar-refractivity contribution in [1.29, 1.82) is 0 Å². The summed E-state index contributed by atoms with van der Waals surface area (Å²) in [5, 5.41) is 11.1. The van der Waals surface area contributed by atoms with E-state index in [1.807, 2.05) is 22.8 Å². The van der Waals surface area contributed by atoms with Crippen molar-refractivity contribution in [2.45, 2.75) is 0 Å². The molecule has 4 rings (SSSR count). The van der Waals surface area contributed by atoms with Crippen molar-refractivity contribution in [3.8, 4) is 17.1 Å². The zero-order valence-corrected chi connectivity index (χ0v) is 13.5. The van der Waals surface area contributed by atoms with Crippen LogP contribution in [0, 0.1) is 0 Å². The van der Waals surface area contributed by atoms with E-state index in [0.717, 1.165) is 11.2 Å². The summed E-state index contributed by atoms with van der Waals surface area (Å²) in [6.45, 7) is 0. The lowest BCUT2D eigenvalue weighted by molar-refractivity contribution is 0.210. The third-order valence-corrected chi connectivity index (χ3v) is 3.87. The van der Waals surface area contributed by atoms with Gasteiger partial charge in [0.2, 0.25) is 0 Å². The number of amides is 1. The molecule has 0 radical (unpaired) electrons. The Hall–Kier alpha value is -3.94. The fourth-order valence-corrected chi connectivity index (χ4v) is 2.76. The lowest BCUT2D eigenvalue weighted by Crippen LogP contribution is -2.07. The van der Waals surface area contributed by atoms with Gasteiger partial charge in [0.15, 0.2) is 11.5 Å². The van der Waals surface area contributed by atoms with Crippen LogP contribution >= 0.6 is 0 Å². The van der Waals surface area contributed by atoms with E-state index in [0.29, 0.717) is 28.5 Å². The summed E-state index contributed by atoms with van der Waals surface area (Å²) in [5.74, 6) is 0.983. The van der Waals surface area contributed by atoms with Gasteiger partial charge in [0, 0.05) is 23.8 Å². The highest BCUT2D eigenvalue weighted by Gasteiger charge is 2.17. The molecular weight excluding hydrogens is 332 g/mol. The number of imidazole rings is 1. The minimum atomic E-state index is -1.11. The quantitative estimate of drug-likeness (QED) is 0.524. The zero-order chi connectivity index (χ0) is 18.1. The van der Waals surface area contributed by atoms with Crippen molar-refractivity contribution < 1.29 is 9.90 Å². The molecule has 8 nitrogen and oxygen atoms in total. The van der Waals surface area contributed by atoms with Crippen LogP contribution in [0.15, 0.2) is 60.9 Å². The number of nitrogens with one attached hydrogen (secondary N) is 1. The average Bonchev–Trinajstić information content (AvgIpc) is 3.01. The molecule has 0 saturated carbocycles. The number of hydrogen-bond donors (Lipinski definition) is 3. The van der Waals surface area contributed by atoms with Gasteiger partial charge in [0.1, 0.15) is 11.3 Å². The van der Waals surface area contributed by atoms with Crippen LogP contribution in [-0.4, -0.2) is 30.7 Å². The Bertz CT molecular complexity index is 1100. The van der Waals surface area contributed by atoms with Crippen LogP contribution in [0.3, 0.4) is 0 Å². The molecule has 0 aliphatic heterocycles. The minimum Gasteiger partial charge on any atom is -0.465 e. The largest absolute Gasteiger partial charge is 0.465 e. The second-order valence-electron chi connectivity index (χ2n) is 5.53. The van der Waals surface area contributed by atoms with E-state index in [1.165, 1.54) is 0 Å². The first-order chi connectivity index (χ1) is 12.6. The molecule has 0 aliphatic carbocycles. The van der Waals surface area contributed by atoms with Crippen LogP contribution in [0.5, 0.6) is 0 Å². The lowest BCUT2D eigenvalue weighted by atomic mass is 10.2. The van der Waals surface area contributed by atoms with E-state index >= 15 is 0 Å². The van der Waals surface area contributed by atoms with Gasteiger partial charge < -0.3 is 10.8 Å². The smallest absolute Gasteiger partial charge is 0.409 e. The van der Waals surface area contributed by atoms with E-state index in [2.05, 4.69) is 20.3 Å². The number of nitrogens with zero attached hydrogens (tertiary/aromatic N) is 4. The normalized spacial score (nSPS) is 10.8. The van der Waals surface area contributed by atoms with E-state index in [1.54, 1.807) is 42.7 Å². The second-order valence-corrected chi connectivity index (χ2v) is 5.53. The Labute approximate surface area is 148 Å². The van der Waals surface area contributed by atoms with Crippen molar-refractivity contribution in [1.82, 2.24) is 19.5 Å². The maximum atomic E-state index is 10.8. The van der Waals surface area contributed by atoms with Crippen molar-refractivity contribution in [3.05, 3.63) is 60.9 Å². The molecule has 0 aliphatic rings. The number of aromatic nitrogens is 4. The number of carbonyl (C=O) groups is 1. The Morgan fingerprint density at radius 1 is 1.04 bits per heavy atom. The maximum absolute atomic E-state index is 10.8. The summed E-state index contributed by atoms with van der Waals surface area (Å²) >= 11 is 0. The van der Waals surface area contributed by atoms with E-state index in [9.17, 15) is 4.79 Å². The number of nitrogens with two attached hydrogens (primary N) is 1. The van der Waals surface area contributed by atoms with Crippen molar-refractivity contribution in [2.24, 2.45) is 0 Å². The van der Waals surface area contributed by atoms with Gasteiger partial charge in [0.05, 0.1) is 5.56 Å². The predicted octanol–water partition coefficient (Wildman–Crippen LogP) is 3.15. The molecule has 0 unspecified atom stereocenters. The highest BCUT2D eigenvalue weighted by atomic mass is 16.4. The molecule has 0 fully saturated rings. The van der Waals surface area contributed by atoms with Gasteiger partial charge >= 0.3 is 6.09 Å². The molecule has 4 aromatic rings. The Balaban J connectivity index is 1.92. The molecule has 3 aromatic heterocycles. The first-order valence-electron chi connectivity index (χ1n) is 7.78. The Morgan fingerprint density at radius 3 is 2.50 bits per heavy atom. The molecule has 0 bridgehead atoms. The molecule has 128 valence electrons. The highest BCUT2D eigenvalue weighted by molar-refractivity contribution is 5.84. The molecule has 8 heteroatoms. The van der Waals surface area contributed by atoms with Gasteiger partial charge in [-0.25, -0.2) is 19.7 Å². The van der Waals surface area contributed by atoms with E-state index in [-0.39, 0.29) is 0 Å². The molecule has 0 spiro atoms. The summed E-state index contributed by atoms with van der Waals surface area (Å²) in [6, 6.07) is 14.3. The average molecular weight is 346 g/mol. The Kier molecular flexibility index (Phi) is 3.70. The maximum Gasteiger partial charge on any atom is 0.409 e. The number of anilines is 2. The van der Waals surface area contributed by atoms with Crippen LogP contribution in [0.1, 0.15) is 0 Å². The number of nitrogen functional groups attached to an aromatic ring is 1. The first-order valence-corrected chi connectivity index (χ1v) is 7.78. The lowest BCUT2D eigenvalue weighted by Gasteiger charge is -2.10. The number of carboxylic acid groups (broad SMARTS) is 1. The van der Waals surface area contributed by atoms with Crippen LogP contribution in [-0.2, 0) is 0 Å². The summed E-state index contributed by atoms with van der Waals surface area (Å²) in [5.41, 5.74) is 9.38. The molecule has 26 heavy (non-hydrogen) atoms. The summed E-state index contributed by atoms with van der Waals surface area (Å²) in [7, 11) is 0. The molecular formula is C18H14N6O2. The van der Waals surface area contributed by atoms with Crippen molar-refractivity contribution in [2.75, 3.05) is 11.1 Å². The van der Waals surface area contributed by atoms with Crippen LogP contribution in [0.4, 0.5) is 16.3 Å². The second kappa shape index (κ2) is 6.17. The minimum absolute atomic E-state index is 0.369. The molecule has 1 aromatic carbocycles.